The lowest BCUT2D eigenvalue weighted by Gasteiger charge is -2.46. The van der Waals surface area contributed by atoms with Gasteiger partial charge in [-0.15, -0.1) is 0 Å². The molecule has 9 aromatic rings. The van der Waals surface area contributed by atoms with Gasteiger partial charge in [0.1, 0.15) is 0 Å². The Bertz CT molecular complexity index is 3760. The lowest BCUT2D eigenvalue weighted by atomic mass is 9.33. The quantitative estimate of drug-likeness (QED) is 0.154. The second-order valence-corrected chi connectivity index (χ2v) is 26.8. The van der Waals surface area contributed by atoms with Gasteiger partial charge in [-0.25, -0.2) is 0 Å². The zero-order chi connectivity index (χ0) is 54.1. The van der Waals surface area contributed by atoms with Crippen LogP contribution in [0.2, 0.25) is 0 Å². The second-order valence-electron chi connectivity index (χ2n) is 26.8. The number of hydrogen-bond acceptors (Lipinski definition) is 3. The Labute approximate surface area is 460 Å². The van der Waals surface area contributed by atoms with Gasteiger partial charge >= 0.3 is 0 Å². The highest BCUT2D eigenvalue weighted by atomic mass is 15.2. The van der Waals surface area contributed by atoms with Crippen LogP contribution >= 0.6 is 0 Å². The minimum absolute atomic E-state index is 0.0279. The zero-order valence-corrected chi connectivity index (χ0v) is 47.9. The van der Waals surface area contributed by atoms with Gasteiger partial charge in [0.15, 0.2) is 0 Å². The molecule has 3 aliphatic rings. The maximum atomic E-state index is 2.64. The molecule has 0 fully saturated rings. The molecule has 77 heavy (non-hydrogen) atoms. The molecule has 0 aromatic heterocycles. The normalized spacial score (nSPS) is 14.4. The predicted molar refractivity (Wildman–Crippen MR) is 333 cm³/mol. The highest BCUT2D eigenvalue weighted by Crippen LogP contribution is 2.53. The highest BCUT2D eigenvalue weighted by molar-refractivity contribution is 7.00. The van der Waals surface area contributed by atoms with Gasteiger partial charge in [-0.3, -0.25) is 0 Å². The number of benzene rings is 9. The zero-order valence-electron chi connectivity index (χ0n) is 47.9. The predicted octanol–water partition coefficient (Wildman–Crippen LogP) is 18.4. The average Bonchev–Trinajstić information content (AvgIpc) is 3.83. The molecule has 9 aromatic carbocycles. The highest BCUT2D eigenvalue weighted by Gasteiger charge is 2.46. The number of hydrogen-bond donors (Lipinski definition) is 0. The smallest absolute Gasteiger partial charge is 0.252 e. The molecule has 12 rings (SSSR count). The van der Waals surface area contributed by atoms with Crippen LogP contribution < -0.4 is 31.1 Å². The molecule has 384 valence electrons. The van der Waals surface area contributed by atoms with Crippen LogP contribution in [0.4, 0.5) is 51.2 Å². The summed E-state index contributed by atoms with van der Waals surface area (Å²) in [6.45, 7) is 32.7. The van der Waals surface area contributed by atoms with E-state index in [4.69, 9.17) is 0 Å². The van der Waals surface area contributed by atoms with Crippen molar-refractivity contribution >= 4 is 74.3 Å². The summed E-state index contributed by atoms with van der Waals surface area (Å²) >= 11 is 0. The lowest BCUT2D eigenvalue weighted by molar-refractivity contribution is 0.589. The van der Waals surface area contributed by atoms with Gasteiger partial charge < -0.3 is 14.7 Å². The first-order chi connectivity index (χ1) is 36.5. The fourth-order valence-corrected chi connectivity index (χ4v) is 12.6. The number of nitrogens with zero attached hydrogens (tertiary/aromatic N) is 3. The first-order valence-corrected chi connectivity index (χ1v) is 28.0. The van der Waals surface area contributed by atoms with E-state index in [2.05, 4.69) is 306 Å². The van der Waals surface area contributed by atoms with Crippen LogP contribution in [0.25, 0.3) is 22.3 Å². The van der Waals surface area contributed by atoms with Crippen LogP contribution in [0.5, 0.6) is 0 Å². The topological polar surface area (TPSA) is 9.72 Å². The Morgan fingerprint density at radius 2 is 0.909 bits per heavy atom. The van der Waals surface area contributed by atoms with E-state index < -0.39 is 0 Å². The molecule has 0 radical (unpaired) electrons. The summed E-state index contributed by atoms with van der Waals surface area (Å²) in [5.41, 5.74) is 27.2. The van der Waals surface area contributed by atoms with Crippen molar-refractivity contribution in [3.8, 4) is 22.3 Å². The Morgan fingerprint density at radius 1 is 0.364 bits per heavy atom. The van der Waals surface area contributed by atoms with Crippen molar-refractivity contribution in [2.24, 2.45) is 0 Å². The van der Waals surface area contributed by atoms with Crippen molar-refractivity contribution in [2.75, 3.05) is 14.7 Å². The molecule has 0 spiro atoms. The summed E-state index contributed by atoms with van der Waals surface area (Å²) in [6, 6.07) is 74.6. The molecule has 0 bridgehead atoms. The van der Waals surface area contributed by atoms with Gasteiger partial charge in [0, 0.05) is 56.5 Å². The molecular formula is C73H74BN3. The van der Waals surface area contributed by atoms with Crippen molar-refractivity contribution in [2.45, 2.75) is 124 Å². The number of anilines is 9. The Morgan fingerprint density at radius 3 is 1.56 bits per heavy atom. The second kappa shape index (κ2) is 17.7. The molecule has 0 saturated carbocycles. The summed E-state index contributed by atoms with van der Waals surface area (Å²) in [5.74, 6) is 0. The number of fused-ring (bicyclic) bond motifs is 7. The number of para-hydroxylation sites is 1. The van der Waals surface area contributed by atoms with Gasteiger partial charge in [0.05, 0.1) is 5.69 Å². The molecule has 0 saturated heterocycles. The Balaban J connectivity index is 1.18. The molecule has 2 heterocycles. The fourth-order valence-electron chi connectivity index (χ4n) is 12.6. The molecule has 0 unspecified atom stereocenters. The van der Waals surface area contributed by atoms with Crippen LogP contribution in [0.1, 0.15) is 130 Å². The lowest BCUT2D eigenvalue weighted by Crippen LogP contribution is -2.61. The molecule has 0 amide bonds. The van der Waals surface area contributed by atoms with Gasteiger partial charge in [-0.1, -0.05) is 212 Å². The van der Waals surface area contributed by atoms with Gasteiger partial charge in [0.25, 0.3) is 6.71 Å². The van der Waals surface area contributed by atoms with E-state index in [1.165, 1.54) is 100 Å². The van der Waals surface area contributed by atoms with Crippen molar-refractivity contribution < 1.29 is 0 Å². The maximum absolute atomic E-state index is 2.64. The van der Waals surface area contributed by atoms with Crippen molar-refractivity contribution in [1.82, 2.24) is 0 Å². The largest absolute Gasteiger partial charge is 0.311 e. The monoisotopic (exact) mass is 1000 g/mol. The molecular weight excluding hydrogens is 930 g/mol. The van der Waals surface area contributed by atoms with Crippen LogP contribution in [-0.2, 0) is 27.1 Å². The molecule has 0 atom stereocenters. The summed E-state index contributed by atoms with van der Waals surface area (Å²) in [6.07, 6.45) is 0. The van der Waals surface area contributed by atoms with Gasteiger partial charge in [-0.2, -0.15) is 0 Å². The Kier molecular flexibility index (Phi) is 11.6. The van der Waals surface area contributed by atoms with E-state index in [0.29, 0.717) is 0 Å². The summed E-state index contributed by atoms with van der Waals surface area (Å²) in [4.78, 5) is 7.72. The van der Waals surface area contributed by atoms with Gasteiger partial charge in [-0.05, 0) is 167 Å². The van der Waals surface area contributed by atoms with Crippen LogP contribution in [-0.4, -0.2) is 6.71 Å². The third-order valence-corrected chi connectivity index (χ3v) is 17.1. The first kappa shape index (κ1) is 50.3. The summed E-state index contributed by atoms with van der Waals surface area (Å²) in [5, 5.41) is 0. The maximum Gasteiger partial charge on any atom is 0.252 e. The van der Waals surface area contributed by atoms with Gasteiger partial charge in [0.2, 0.25) is 0 Å². The van der Waals surface area contributed by atoms with E-state index in [-0.39, 0.29) is 33.8 Å². The molecule has 0 N–H and O–H groups in total. The first-order valence-electron chi connectivity index (χ1n) is 28.0. The Hall–Kier alpha value is -7.56. The SMILES string of the molecule is CC(C)(C)c1ccc(N2c3ccc(C(C)(C)C)cc3B3c4ccc(N(c5ccccc5)c5ccc(C(C)(C)C)cc5-c5ccccc5)cc4N(c4ccc5c(c4)-c4ccccc4C5(C)C)c4cc(C(C)(C)C)cc2c43)cc1. The van der Waals surface area contributed by atoms with E-state index in [1.807, 2.05) is 0 Å². The third-order valence-electron chi connectivity index (χ3n) is 17.1. The van der Waals surface area contributed by atoms with E-state index in [0.717, 1.165) is 22.7 Å². The van der Waals surface area contributed by atoms with Crippen molar-refractivity contribution in [3.05, 3.63) is 228 Å². The van der Waals surface area contributed by atoms with E-state index in [9.17, 15) is 0 Å². The van der Waals surface area contributed by atoms with Crippen LogP contribution in [0.3, 0.4) is 0 Å². The standard InChI is InChI=1S/C73H74BN3/c1-69(2,3)48-29-33-53(34-30-48)76-64-40-32-50(71(7,8)9)42-62(64)74-61-38-36-55(75(52-25-19-16-20-26-52)63-39-31-49(70(4,5)6)41-57(63)47-23-17-15-18-24-47)46-65(61)77(67-44-51(72(10,11)12)43-66(76)68(67)74)54-35-37-60-58(45-54)56-27-21-22-28-59(56)73(60,13)14/h15-46H,1-14H3. The summed E-state index contributed by atoms with van der Waals surface area (Å²) < 4.78 is 0. The van der Waals surface area contributed by atoms with Crippen LogP contribution in [0, 0.1) is 0 Å². The number of rotatable bonds is 6. The van der Waals surface area contributed by atoms with Crippen LogP contribution in [0.15, 0.2) is 194 Å². The van der Waals surface area contributed by atoms with E-state index >= 15 is 0 Å². The average molecular weight is 1000 g/mol. The van der Waals surface area contributed by atoms with E-state index in [1.54, 1.807) is 0 Å². The minimum Gasteiger partial charge on any atom is -0.311 e. The third kappa shape index (κ3) is 8.42. The molecule has 4 heteroatoms. The molecule has 2 aliphatic heterocycles. The van der Waals surface area contributed by atoms with Crippen molar-refractivity contribution in [1.29, 1.82) is 0 Å². The molecule has 1 aliphatic carbocycles. The summed E-state index contributed by atoms with van der Waals surface area (Å²) in [7, 11) is 0. The van der Waals surface area contributed by atoms with Crippen molar-refractivity contribution in [3.63, 3.8) is 0 Å². The molecule has 3 nitrogen and oxygen atoms in total. The minimum atomic E-state index is -0.162. The fraction of sp³-hybridized carbons (Fsp3) is 0.260.